The monoisotopic (exact) mass is 343 g/mol. The zero-order valence-corrected chi connectivity index (χ0v) is 15.3. The Kier molecular flexibility index (Phi) is 7.19. The van der Waals surface area contributed by atoms with Crippen molar-refractivity contribution in [2.75, 3.05) is 12.9 Å². The maximum absolute atomic E-state index is 12.3. The van der Waals surface area contributed by atoms with Gasteiger partial charge in [0.25, 0.3) is 0 Å². The zero-order valence-electron chi connectivity index (χ0n) is 14.5. The molecule has 0 saturated carbocycles. The highest BCUT2D eigenvalue weighted by atomic mass is 32.2. The molecule has 0 fully saturated rings. The van der Waals surface area contributed by atoms with E-state index in [1.54, 1.807) is 7.11 Å². The van der Waals surface area contributed by atoms with E-state index in [1.807, 2.05) is 42.5 Å². The molecule has 2 aromatic rings. The molecule has 0 heterocycles. The summed E-state index contributed by atoms with van der Waals surface area (Å²) in [5.74, 6) is 1.81. The number of amides is 1. The quantitative estimate of drug-likeness (QED) is 0.707. The van der Waals surface area contributed by atoms with E-state index >= 15 is 0 Å². The molecule has 0 saturated heterocycles. The maximum Gasteiger partial charge on any atom is 0.230 e. The first-order chi connectivity index (χ1) is 11.6. The minimum Gasteiger partial charge on any atom is -0.497 e. The third kappa shape index (κ3) is 5.93. The Balaban J connectivity index is 1.92. The normalized spacial score (nSPS) is 12.0. The summed E-state index contributed by atoms with van der Waals surface area (Å²) in [6.45, 7) is 4.35. The van der Waals surface area contributed by atoms with Gasteiger partial charge in [-0.15, -0.1) is 11.8 Å². The van der Waals surface area contributed by atoms with Crippen molar-refractivity contribution in [3.8, 4) is 5.75 Å². The van der Waals surface area contributed by atoms with Crippen LogP contribution in [0.1, 0.15) is 31.9 Å². The highest BCUT2D eigenvalue weighted by Crippen LogP contribution is 2.23. The van der Waals surface area contributed by atoms with Crippen LogP contribution in [0.5, 0.6) is 5.75 Å². The number of carbonyl (C=O) groups excluding carboxylic acids is 1. The Labute approximate surface area is 148 Å². The molecule has 0 aromatic heterocycles. The van der Waals surface area contributed by atoms with Gasteiger partial charge in [-0.25, -0.2) is 0 Å². The molecule has 0 aliphatic heterocycles. The Bertz CT molecular complexity index is 626. The highest BCUT2D eigenvalue weighted by molar-refractivity contribution is 8.00. The first kappa shape index (κ1) is 18.4. The Morgan fingerprint density at radius 2 is 1.75 bits per heavy atom. The number of benzene rings is 2. The molecule has 0 spiro atoms. The van der Waals surface area contributed by atoms with E-state index in [-0.39, 0.29) is 11.9 Å². The number of ether oxygens (including phenoxy) is 1. The topological polar surface area (TPSA) is 38.3 Å². The van der Waals surface area contributed by atoms with Crippen LogP contribution in [0.4, 0.5) is 0 Å². The number of thioether (sulfide) groups is 1. The number of carbonyl (C=O) groups is 1. The van der Waals surface area contributed by atoms with Crippen molar-refractivity contribution in [3.05, 3.63) is 60.2 Å². The molecule has 0 bridgehead atoms. The van der Waals surface area contributed by atoms with Crippen molar-refractivity contribution in [1.29, 1.82) is 0 Å². The fraction of sp³-hybridized carbons (Fsp3) is 0.350. The van der Waals surface area contributed by atoms with Gasteiger partial charge in [-0.2, -0.15) is 0 Å². The summed E-state index contributed by atoms with van der Waals surface area (Å²) in [5, 5.41) is 3.17. The van der Waals surface area contributed by atoms with E-state index < -0.39 is 0 Å². The van der Waals surface area contributed by atoms with Gasteiger partial charge >= 0.3 is 0 Å². The standard InChI is InChI=1S/C20H25NO2S/c1-15(2)13-19(16-7-5-4-6-8-16)21-20(22)14-24-18-11-9-17(23-3)10-12-18/h4-12,15,19H,13-14H2,1-3H3,(H,21,22)/t19-/m1/s1. The summed E-state index contributed by atoms with van der Waals surface area (Å²) in [4.78, 5) is 13.4. The van der Waals surface area contributed by atoms with Crippen molar-refractivity contribution in [1.82, 2.24) is 5.32 Å². The molecule has 0 aliphatic rings. The summed E-state index contributed by atoms with van der Waals surface area (Å²) in [7, 11) is 1.65. The molecule has 1 atom stereocenters. The van der Waals surface area contributed by atoms with Crippen LogP contribution in [-0.2, 0) is 4.79 Å². The van der Waals surface area contributed by atoms with Crippen LogP contribution in [-0.4, -0.2) is 18.8 Å². The van der Waals surface area contributed by atoms with Gasteiger partial charge in [0.1, 0.15) is 5.75 Å². The van der Waals surface area contributed by atoms with Gasteiger partial charge in [0.05, 0.1) is 18.9 Å². The van der Waals surface area contributed by atoms with E-state index in [4.69, 9.17) is 4.74 Å². The Hall–Kier alpha value is -1.94. The molecule has 3 nitrogen and oxygen atoms in total. The number of hydrogen-bond donors (Lipinski definition) is 1. The van der Waals surface area contributed by atoms with E-state index in [9.17, 15) is 4.79 Å². The molecular formula is C20H25NO2S. The SMILES string of the molecule is COc1ccc(SCC(=O)N[C@H](CC(C)C)c2ccccc2)cc1. The highest BCUT2D eigenvalue weighted by Gasteiger charge is 2.16. The molecule has 0 radical (unpaired) electrons. The van der Waals surface area contributed by atoms with Gasteiger partial charge in [0.2, 0.25) is 5.91 Å². The lowest BCUT2D eigenvalue weighted by atomic mass is 9.97. The zero-order chi connectivity index (χ0) is 17.4. The van der Waals surface area contributed by atoms with Gasteiger partial charge in [-0.3, -0.25) is 4.79 Å². The molecule has 0 unspecified atom stereocenters. The van der Waals surface area contributed by atoms with E-state index in [1.165, 1.54) is 11.8 Å². The van der Waals surface area contributed by atoms with Gasteiger partial charge in [-0.1, -0.05) is 44.2 Å². The molecule has 2 rings (SSSR count). The number of rotatable bonds is 8. The van der Waals surface area contributed by atoms with Crippen LogP contribution in [0.3, 0.4) is 0 Å². The summed E-state index contributed by atoms with van der Waals surface area (Å²) in [6.07, 6.45) is 0.933. The summed E-state index contributed by atoms with van der Waals surface area (Å²) in [6, 6.07) is 18.0. The van der Waals surface area contributed by atoms with Gasteiger partial charge < -0.3 is 10.1 Å². The van der Waals surface area contributed by atoms with Crippen LogP contribution in [0.15, 0.2) is 59.5 Å². The lowest BCUT2D eigenvalue weighted by Gasteiger charge is -2.21. The van der Waals surface area contributed by atoms with Crippen LogP contribution < -0.4 is 10.1 Å². The van der Waals surface area contributed by atoms with E-state index in [0.717, 1.165) is 22.6 Å². The van der Waals surface area contributed by atoms with Crippen molar-refractivity contribution in [2.45, 2.75) is 31.2 Å². The predicted octanol–water partition coefficient (Wildman–Crippen LogP) is 4.69. The Morgan fingerprint density at radius 1 is 1.08 bits per heavy atom. The van der Waals surface area contributed by atoms with Gasteiger partial charge in [0, 0.05) is 4.90 Å². The number of methoxy groups -OCH3 is 1. The molecular weight excluding hydrogens is 318 g/mol. The summed E-state index contributed by atoms with van der Waals surface area (Å²) >= 11 is 1.54. The molecule has 2 aromatic carbocycles. The van der Waals surface area contributed by atoms with Crippen LogP contribution in [0.2, 0.25) is 0 Å². The number of hydrogen-bond acceptors (Lipinski definition) is 3. The molecule has 24 heavy (non-hydrogen) atoms. The minimum atomic E-state index is 0.0605. The van der Waals surface area contributed by atoms with Gasteiger partial charge in [0.15, 0.2) is 0 Å². The van der Waals surface area contributed by atoms with Crippen LogP contribution in [0.25, 0.3) is 0 Å². The van der Waals surface area contributed by atoms with Crippen LogP contribution in [0, 0.1) is 5.92 Å². The number of nitrogens with one attached hydrogen (secondary N) is 1. The van der Waals surface area contributed by atoms with Crippen molar-refractivity contribution in [2.24, 2.45) is 5.92 Å². The van der Waals surface area contributed by atoms with Crippen molar-refractivity contribution >= 4 is 17.7 Å². The minimum absolute atomic E-state index is 0.0605. The first-order valence-electron chi connectivity index (χ1n) is 8.19. The molecule has 1 N–H and O–H groups in total. The second-order valence-corrected chi connectivity index (χ2v) is 7.17. The lowest BCUT2D eigenvalue weighted by Crippen LogP contribution is -2.30. The van der Waals surface area contributed by atoms with E-state index in [2.05, 4.69) is 31.3 Å². The second kappa shape index (κ2) is 9.38. The van der Waals surface area contributed by atoms with Crippen LogP contribution >= 0.6 is 11.8 Å². The third-order valence-corrected chi connectivity index (χ3v) is 4.69. The smallest absolute Gasteiger partial charge is 0.230 e. The summed E-state index contributed by atoms with van der Waals surface area (Å²) in [5.41, 5.74) is 1.16. The molecule has 4 heteroatoms. The average molecular weight is 343 g/mol. The largest absolute Gasteiger partial charge is 0.497 e. The third-order valence-electron chi connectivity index (χ3n) is 3.67. The fourth-order valence-corrected chi connectivity index (χ4v) is 3.20. The van der Waals surface area contributed by atoms with E-state index in [0.29, 0.717) is 11.7 Å². The predicted molar refractivity (Wildman–Crippen MR) is 100 cm³/mol. The maximum atomic E-state index is 12.3. The second-order valence-electron chi connectivity index (χ2n) is 6.12. The fourth-order valence-electron chi connectivity index (χ4n) is 2.49. The van der Waals surface area contributed by atoms with Crippen molar-refractivity contribution in [3.63, 3.8) is 0 Å². The average Bonchev–Trinajstić information content (AvgIpc) is 2.60. The molecule has 0 aliphatic carbocycles. The summed E-state index contributed by atoms with van der Waals surface area (Å²) < 4.78 is 5.14. The van der Waals surface area contributed by atoms with Gasteiger partial charge in [-0.05, 0) is 42.2 Å². The first-order valence-corrected chi connectivity index (χ1v) is 9.18. The molecule has 1 amide bonds. The molecule has 128 valence electrons. The van der Waals surface area contributed by atoms with Crippen molar-refractivity contribution < 1.29 is 9.53 Å². The lowest BCUT2D eigenvalue weighted by molar-refractivity contribution is -0.119. The Morgan fingerprint density at radius 3 is 2.33 bits per heavy atom.